The van der Waals surface area contributed by atoms with E-state index in [0.29, 0.717) is 0 Å². The van der Waals surface area contributed by atoms with Gasteiger partial charge in [-0.15, -0.1) is 0 Å². The lowest BCUT2D eigenvalue weighted by atomic mass is 9.99. The molecule has 0 aliphatic heterocycles. The summed E-state index contributed by atoms with van der Waals surface area (Å²) in [5.41, 5.74) is 1.86. The summed E-state index contributed by atoms with van der Waals surface area (Å²) in [6.45, 7) is 9.31. The van der Waals surface area contributed by atoms with Crippen LogP contribution in [0.15, 0.2) is 72.8 Å². The smallest absolute Gasteiger partial charge is 0.338 e. The van der Waals surface area contributed by atoms with Crippen LogP contribution in [0.5, 0.6) is 0 Å². The Hall–Kier alpha value is -2.88. The molecule has 0 heterocycles. The lowest BCUT2D eigenvalue weighted by Crippen LogP contribution is -2.30. The van der Waals surface area contributed by atoms with Crippen LogP contribution in [0, 0.1) is 5.92 Å². The molecule has 2 aromatic carbocycles. The van der Waals surface area contributed by atoms with Crippen LogP contribution in [0.25, 0.3) is 0 Å². The van der Waals surface area contributed by atoms with Crippen LogP contribution in [0.2, 0.25) is 0 Å². The summed E-state index contributed by atoms with van der Waals surface area (Å²) in [5.74, 6) is -1.03. The number of hydrogen-bond donors (Lipinski definition) is 0. The molecule has 0 aliphatic rings. The minimum absolute atomic E-state index is 0.0903. The van der Waals surface area contributed by atoms with Gasteiger partial charge in [-0.3, -0.25) is 4.79 Å². The first-order valence-corrected chi connectivity index (χ1v) is 9.13. The monoisotopic (exact) mass is 366 g/mol. The minimum Gasteiger partial charge on any atom is -0.457 e. The topological polar surface area (TPSA) is 52.6 Å². The molecular weight excluding hydrogens is 340 g/mol. The van der Waals surface area contributed by atoms with Crippen LogP contribution in [-0.4, -0.2) is 18.0 Å². The fourth-order valence-electron chi connectivity index (χ4n) is 2.72. The van der Waals surface area contributed by atoms with Crippen molar-refractivity contribution in [2.45, 2.75) is 39.4 Å². The first-order valence-electron chi connectivity index (χ1n) is 9.13. The molecule has 0 fully saturated rings. The summed E-state index contributed by atoms with van der Waals surface area (Å²) in [6, 6.07) is 19.0. The molecule has 0 spiro atoms. The van der Waals surface area contributed by atoms with Crippen LogP contribution in [0.3, 0.4) is 0 Å². The van der Waals surface area contributed by atoms with Gasteiger partial charge >= 0.3 is 11.9 Å². The van der Waals surface area contributed by atoms with Crippen LogP contribution >= 0.6 is 0 Å². The fraction of sp³-hybridized carbons (Fsp3) is 0.304. The SMILES string of the molecule is C=C(C(=O)OC(c1ccccc1)c1ccccc1)[C@@H](OC(=O)CC)C(C)C. The van der Waals surface area contributed by atoms with Gasteiger partial charge in [-0.1, -0.05) is 88.0 Å². The molecule has 0 saturated carbocycles. The summed E-state index contributed by atoms with van der Waals surface area (Å²) in [4.78, 5) is 24.5. The van der Waals surface area contributed by atoms with E-state index in [9.17, 15) is 9.59 Å². The Balaban J connectivity index is 2.24. The van der Waals surface area contributed by atoms with Gasteiger partial charge in [0.05, 0.1) is 5.57 Å². The second kappa shape index (κ2) is 9.72. The highest BCUT2D eigenvalue weighted by Gasteiger charge is 2.29. The molecule has 0 unspecified atom stereocenters. The van der Waals surface area contributed by atoms with Crippen LogP contribution < -0.4 is 0 Å². The molecule has 0 amide bonds. The van der Waals surface area contributed by atoms with E-state index in [0.717, 1.165) is 11.1 Å². The fourth-order valence-corrected chi connectivity index (χ4v) is 2.72. The third kappa shape index (κ3) is 5.55. The van der Waals surface area contributed by atoms with Crippen molar-refractivity contribution in [3.05, 3.63) is 83.9 Å². The molecule has 0 radical (unpaired) electrons. The van der Waals surface area contributed by atoms with Gasteiger partial charge in [0, 0.05) is 6.42 Å². The van der Waals surface area contributed by atoms with Crippen LogP contribution in [0.4, 0.5) is 0 Å². The average molecular weight is 366 g/mol. The second-order valence-corrected chi connectivity index (χ2v) is 6.64. The highest BCUT2D eigenvalue weighted by Crippen LogP contribution is 2.28. The van der Waals surface area contributed by atoms with Gasteiger partial charge in [0.15, 0.2) is 6.10 Å². The molecule has 0 aliphatic carbocycles. The molecule has 2 aromatic rings. The second-order valence-electron chi connectivity index (χ2n) is 6.64. The van der Waals surface area contributed by atoms with Crippen molar-refractivity contribution < 1.29 is 19.1 Å². The van der Waals surface area contributed by atoms with E-state index < -0.39 is 18.2 Å². The predicted octanol–water partition coefficient (Wildman–Crippen LogP) is 4.85. The van der Waals surface area contributed by atoms with Crippen molar-refractivity contribution in [2.24, 2.45) is 5.92 Å². The lowest BCUT2D eigenvalue weighted by Gasteiger charge is -2.25. The zero-order chi connectivity index (χ0) is 19.8. The van der Waals surface area contributed by atoms with Crippen LogP contribution in [-0.2, 0) is 19.1 Å². The molecule has 4 nitrogen and oxygen atoms in total. The molecule has 142 valence electrons. The van der Waals surface area contributed by atoms with Gasteiger partial charge in [0.2, 0.25) is 0 Å². The summed E-state index contributed by atoms with van der Waals surface area (Å²) in [6.07, 6.45) is -1.04. The number of rotatable bonds is 8. The van der Waals surface area contributed by atoms with E-state index >= 15 is 0 Å². The number of esters is 2. The van der Waals surface area contributed by atoms with E-state index in [-0.39, 0.29) is 23.9 Å². The quantitative estimate of drug-likeness (QED) is 0.495. The van der Waals surface area contributed by atoms with Crippen molar-refractivity contribution in [3.8, 4) is 0 Å². The highest BCUT2D eigenvalue weighted by molar-refractivity contribution is 5.89. The Morgan fingerprint density at radius 1 is 0.889 bits per heavy atom. The number of hydrogen-bond acceptors (Lipinski definition) is 4. The third-order valence-electron chi connectivity index (χ3n) is 4.19. The van der Waals surface area contributed by atoms with Crippen molar-refractivity contribution >= 4 is 11.9 Å². The Morgan fingerprint density at radius 3 is 1.78 bits per heavy atom. The summed E-state index contributed by atoms with van der Waals surface area (Å²) in [7, 11) is 0. The average Bonchev–Trinajstić information content (AvgIpc) is 2.70. The van der Waals surface area contributed by atoms with Gasteiger partial charge in [-0.2, -0.15) is 0 Å². The maximum atomic E-state index is 12.8. The third-order valence-corrected chi connectivity index (χ3v) is 4.19. The van der Waals surface area contributed by atoms with Crippen molar-refractivity contribution in [3.63, 3.8) is 0 Å². The normalized spacial score (nSPS) is 11.9. The van der Waals surface area contributed by atoms with Gasteiger partial charge in [0.1, 0.15) is 6.10 Å². The lowest BCUT2D eigenvalue weighted by molar-refractivity contribution is -0.152. The van der Waals surface area contributed by atoms with Crippen LogP contribution in [0.1, 0.15) is 44.4 Å². The molecular formula is C23H26O4. The molecule has 27 heavy (non-hydrogen) atoms. The Bertz CT molecular complexity index is 726. The number of ether oxygens (including phenoxy) is 2. The predicted molar refractivity (Wildman–Crippen MR) is 105 cm³/mol. The van der Waals surface area contributed by atoms with Gasteiger partial charge in [-0.05, 0) is 17.0 Å². The molecule has 2 rings (SSSR count). The largest absolute Gasteiger partial charge is 0.457 e. The highest BCUT2D eigenvalue weighted by atomic mass is 16.6. The number of carbonyl (C=O) groups is 2. The zero-order valence-electron chi connectivity index (χ0n) is 16.1. The summed E-state index contributed by atoms with van der Waals surface area (Å²) >= 11 is 0. The maximum absolute atomic E-state index is 12.8. The summed E-state index contributed by atoms with van der Waals surface area (Å²) < 4.78 is 11.2. The standard InChI is InChI=1S/C23H26O4/c1-5-20(24)26-21(16(2)3)17(4)23(25)27-22(18-12-8-6-9-13-18)19-14-10-7-11-15-19/h6-16,21-22H,4-5H2,1-3H3/t21-/m0/s1. The van der Waals surface area contributed by atoms with Crippen molar-refractivity contribution in [1.29, 1.82) is 0 Å². The van der Waals surface area contributed by atoms with Crippen molar-refractivity contribution in [1.82, 2.24) is 0 Å². The van der Waals surface area contributed by atoms with E-state index in [1.54, 1.807) is 6.92 Å². The Morgan fingerprint density at radius 2 is 1.37 bits per heavy atom. The molecule has 1 atom stereocenters. The van der Waals surface area contributed by atoms with Crippen molar-refractivity contribution in [2.75, 3.05) is 0 Å². The number of benzene rings is 2. The number of carbonyl (C=O) groups excluding carboxylic acids is 2. The molecule has 0 N–H and O–H groups in total. The zero-order valence-corrected chi connectivity index (χ0v) is 16.1. The summed E-state index contributed by atoms with van der Waals surface area (Å²) in [5, 5.41) is 0. The molecule has 4 heteroatoms. The Labute approximate surface area is 160 Å². The van der Waals surface area contributed by atoms with Gasteiger partial charge in [-0.25, -0.2) is 4.79 Å². The van der Waals surface area contributed by atoms with E-state index in [1.807, 2.05) is 74.5 Å². The van der Waals surface area contributed by atoms with E-state index in [1.165, 1.54) is 0 Å². The van der Waals surface area contributed by atoms with Gasteiger partial charge in [0.25, 0.3) is 0 Å². The Kier molecular flexibility index (Phi) is 7.35. The van der Waals surface area contributed by atoms with Gasteiger partial charge < -0.3 is 9.47 Å². The maximum Gasteiger partial charge on any atom is 0.338 e. The molecule has 0 aromatic heterocycles. The first kappa shape index (κ1) is 20.4. The molecule has 0 bridgehead atoms. The van der Waals surface area contributed by atoms with E-state index in [2.05, 4.69) is 6.58 Å². The molecule has 0 saturated heterocycles. The minimum atomic E-state index is -0.711. The van der Waals surface area contributed by atoms with E-state index in [4.69, 9.17) is 9.47 Å². The first-order chi connectivity index (χ1) is 12.9.